The number of aryl methyl sites for hydroxylation is 2. The minimum atomic E-state index is -0.318. The molecule has 0 bridgehead atoms. The van der Waals surface area contributed by atoms with Crippen LogP contribution in [0.4, 0.5) is 5.82 Å². The highest BCUT2D eigenvalue weighted by molar-refractivity contribution is 5.80. The number of aromatic nitrogens is 1. The summed E-state index contributed by atoms with van der Waals surface area (Å²) in [7, 11) is 2.26. The molecule has 5 rings (SSSR count). The van der Waals surface area contributed by atoms with E-state index in [0.29, 0.717) is 11.9 Å². The van der Waals surface area contributed by atoms with Crippen LogP contribution in [0, 0.1) is 19.3 Å². The van der Waals surface area contributed by atoms with Crippen LogP contribution in [0.1, 0.15) is 78.9 Å². The number of anilines is 1. The van der Waals surface area contributed by atoms with Crippen molar-refractivity contribution in [2.45, 2.75) is 93.2 Å². The Bertz CT molecular complexity index is 1010. The molecule has 2 saturated heterocycles. The first-order valence-corrected chi connectivity index (χ1v) is 15.4. The van der Waals surface area contributed by atoms with Gasteiger partial charge in [0.15, 0.2) is 0 Å². The van der Waals surface area contributed by atoms with E-state index in [2.05, 4.69) is 70.7 Å². The van der Waals surface area contributed by atoms with E-state index in [1.807, 2.05) is 54.7 Å². The van der Waals surface area contributed by atoms with Crippen molar-refractivity contribution in [1.82, 2.24) is 14.8 Å². The van der Waals surface area contributed by atoms with Crippen LogP contribution in [0.5, 0.6) is 0 Å². The summed E-state index contributed by atoms with van der Waals surface area (Å²) in [6.45, 7) is 25.5. The van der Waals surface area contributed by atoms with Gasteiger partial charge in [0.1, 0.15) is 11.4 Å². The second-order valence-corrected chi connectivity index (χ2v) is 12.1. The first-order chi connectivity index (χ1) is 19.1. The van der Waals surface area contributed by atoms with Gasteiger partial charge in [0.25, 0.3) is 6.47 Å². The van der Waals surface area contributed by atoms with Crippen LogP contribution in [0.2, 0.25) is 0 Å². The van der Waals surface area contributed by atoms with Gasteiger partial charge < -0.3 is 14.5 Å². The molecule has 1 saturated carbocycles. The molecule has 6 heteroatoms. The smallest absolute Gasteiger partial charge is 0.293 e. The molecule has 1 aliphatic carbocycles. The van der Waals surface area contributed by atoms with Crippen molar-refractivity contribution in [3.8, 4) is 11.1 Å². The van der Waals surface area contributed by atoms with Crippen LogP contribution in [-0.4, -0.2) is 79.2 Å². The third-order valence-electron chi connectivity index (χ3n) is 7.96. The zero-order valence-corrected chi connectivity index (χ0v) is 27.1. The van der Waals surface area contributed by atoms with E-state index in [-0.39, 0.29) is 5.60 Å². The van der Waals surface area contributed by atoms with Gasteiger partial charge in [-0.1, -0.05) is 45.9 Å². The van der Waals surface area contributed by atoms with Gasteiger partial charge in [-0.05, 0) is 95.2 Å². The van der Waals surface area contributed by atoms with E-state index >= 15 is 0 Å². The number of piperazine rings is 1. The molecule has 1 aromatic carbocycles. The molecule has 0 N–H and O–H groups in total. The second kappa shape index (κ2) is 15.5. The highest BCUT2D eigenvalue weighted by atomic mass is 16.5. The Morgan fingerprint density at radius 2 is 1.55 bits per heavy atom. The highest BCUT2D eigenvalue weighted by Gasteiger charge is 2.48. The Balaban J connectivity index is 0.000000442. The van der Waals surface area contributed by atoms with Crippen LogP contribution < -0.4 is 4.90 Å². The first kappa shape index (κ1) is 33.8. The van der Waals surface area contributed by atoms with Gasteiger partial charge in [-0.3, -0.25) is 9.69 Å². The number of pyridine rings is 1. The standard InChI is InChI=1S/C25H34N4.C5H10O2.2C2H6/c1-19-6-4-7-20(2)23(19)22-8-5-11-26-24(22)29-14-12-28(13-15-29)21-9-10-25(16-21)17-27(3)18-25;1-5(2,3)7-4-6;2*1-2/h4-8,11,21H,9-10,12-18H2,1-3H3;4H,1-3H3;2*1-2H3. The molecule has 3 fully saturated rings. The van der Waals surface area contributed by atoms with Crippen molar-refractivity contribution in [1.29, 1.82) is 0 Å². The van der Waals surface area contributed by atoms with E-state index in [9.17, 15) is 4.79 Å². The highest BCUT2D eigenvalue weighted by Crippen LogP contribution is 2.46. The molecule has 2 aliphatic heterocycles. The molecule has 40 heavy (non-hydrogen) atoms. The molecule has 3 aliphatic rings. The summed E-state index contributed by atoms with van der Waals surface area (Å²) >= 11 is 0. The lowest BCUT2D eigenvalue weighted by Crippen LogP contribution is -2.54. The Kier molecular flexibility index (Phi) is 13.1. The van der Waals surface area contributed by atoms with Crippen LogP contribution >= 0.6 is 0 Å². The number of benzene rings is 1. The lowest BCUT2D eigenvalue weighted by atomic mass is 9.78. The van der Waals surface area contributed by atoms with Gasteiger partial charge in [-0.25, -0.2) is 4.98 Å². The fraction of sp³-hybridized carbons (Fsp3) is 0.647. The number of hydrogen-bond acceptors (Lipinski definition) is 6. The molecular formula is C34H56N4O2. The van der Waals surface area contributed by atoms with Crippen LogP contribution in [0.3, 0.4) is 0 Å². The van der Waals surface area contributed by atoms with Crippen molar-refractivity contribution >= 4 is 12.3 Å². The molecular weight excluding hydrogens is 496 g/mol. The molecule has 2 aromatic rings. The van der Waals surface area contributed by atoms with Gasteiger partial charge in [0.05, 0.1) is 0 Å². The topological polar surface area (TPSA) is 48.9 Å². The summed E-state index contributed by atoms with van der Waals surface area (Å²) < 4.78 is 4.55. The van der Waals surface area contributed by atoms with Crippen LogP contribution in [0.25, 0.3) is 11.1 Å². The quantitative estimate of drug-likeness (QED) is 0.381. The summed E-state index contributed by atoms with van der Waals surface area (Å²) in [5.74, 6) is 1.16. The minimum Gasteiger partial charge on any atom is -0.462 e. The maximum absolute atomic E-state index is 9.60. The van der Waals surface area contributed by atoms with E-state index in [4.69, 9.17) is 4.98 Å². The van der Waals surface area contributed by atoms with Crippen molar-refractivity contribution < 1.29 is 9.53 Å². The van der Waals surface area contributed by atoms with Crippen LogP contribution in [0.15, 0.2) is 36.5 Å². The molecule has 0 amide bonds. The molecule has 1 spiro atoms. The van der Waals surface area contributed by atoms with Gasteiger partial charge in [-0.15, -0.1) is 0 Å². The molecule has 224 valence electrons. The van der Waals surface area contributed by atoms with Crippen molar-refractivity contribution in [3.05, 3.63) is 47.7 Å². The van der Waals surface area contributed by atoms with E-state index < -0.39 is 0 Å². The Morgan fingerprint density at radius 1 is 0.950 bits per heavy atom. The average Bonchev–Trinajstić information content (AvgIpc) is 3.36. The second-order valence-electron chi connectivity index (χ2n) is 12.1. The maximum Gasteiger partial charge on any atom is 0.293 e. The third kappa shape index (κ3) is 8.78. The lowest BCUT2D eigenvalue weighted by Gasteiger charge is -2.47. The predicted molar refractivity (Wildman–Crippen MR) is 170 cm³/mol. The molecule has 0 radical (unpaired) electrons. The van der Waals surface area contributed by atoms with E-state index in [0.717, 1.165) is 24.9 Å². The molecule has 1 atom stereocenters. The fourth-order valence-electron chi connectivity index (χ4n) is 6.40. The van der Waals surface area contributed by atoms with Gasteiger partial charge in [0.2, 0.25) is 0 Å². The van der Waals surface area contributed by atoms with Crippen molar-refractivity contribution in [2.75, 3.05) is 51.2 Å². The maximum atomic E-state index is 9.60. The molecule has 1 aromatic heterocycles. The number of rotatable bonds is 4. The minimum absolute atomic E-state index is 0.318. The number of ether oxygens (including phenoxy) is 1. The lowest BCUT2D eigenvalue weighted by molar-refractivity contribution is -0.138. The first-order valence-electron chi connectivity index (χ1n) is 15.4. The summed E-state index contributed by atoms with van der Waals surface area (Å²) in [5.41, 5.74) is 5.63. The Morgan fingerprint density at radius 3 is 2.05 bits per heavy atom. The molecule has 6 nitrogen and oxygen atoms in total. The average molecular weight is 553 g/mol. The van der Waals surface area contributed by atoms with Crippen molar-refractivity contribution in [3.63, 3.8) is 0 Å². The zero-order valence-electron chi connectivity index (χ0n) is 27.1. The fourth-order valence-corrected chi connectivity index (χ4v) is 6.40. The van der Waals surface area contributed by atoms with Crippen molar-refractivity contribution in [2.24, 2.45) is 5.41 Å². The summed E-state index contributed by atoms with van der Waals surface area (Å²) in [6, 6.07) is 11.7. The monoisotopic (exact) mass is 552 g/mol. The largest absolute Gasteiger partial charge is 0.462 e. The number of carbonyl (C=O) groups excluding carboxylic acids is 1. The summed E-state index contributed by atoms with van der Waals surface area (Å²) in [6.07, 6.45) is 6.19. The Labute approximate surface area is 245 Å². The molecule has 1 unspecified atom stereocenters. The Hall–Kier alpha value is -2.44. The third-order valence-corrected chi connectivity index (χ3v) is 7.96. The zero-order chi connectivity index (χ0) is 29.9. The number of nitrogens with zero attached hydrogens (tertiary/aromatic N) is 4. The molecule has 3 heterocycles. The predicted octanol–water partition coefficient (Wildman–Crippen LogP) is 6.98. The van der Waals surface area contributed by atoms with Gasteiger partial charge >= 0.3 is 0 Å². The number of carbonyl (C=O) groups is 1. The SMILES string of the molecule is CC.CC.CC(C)(C)OC=O.Cc1cccc(C)c1-c1cccnc1N1CCN(C2CCC3(C2)CN(C)C3)CC1. The number of likely N-dealkylation sites (tertiary alicyclic amines) is 1. The summed E-state index contributed by atoms with van der Waals surface area (Å²) in [4.78, 5) is 22.2. The van der Waals surface area contributed by atoms with E-state index in [1.165, 1.54) is 67.7 Å². The van der Waals surface area contributed by atoms with Gasteiger partial charge in [-0.2, -0.15) is 0 Å². The number of hydrogen-bond donors (Lipinski definition) is 0. The van der Waals surface area contributed by atoms with E-state index in [1.54, 1.807) is 0 Å². The normalized spacial score (nSPS) is 20.1. The van der Waals surface area contributed by atoms with Gasteiger partial charge in [0, 0.05) is 57.1 Å². The van der Waals surface area contributed by atoms with Crippen LogP contribution in [-0.2, 0) is 9.53 Å². The summed E-state index contributed by atoms with van der Waals surface area (Å²) in [5, 5.41) is 0.